The van der Waals surface area contributed by atoms with Crippen LogP contribution in [0.3, 0.4) is 0 Å². The zero-order chi connectivity index (χ0) is 29.0. The van der Waals surface area contributed by atoms with Crippen molar-refractivity contribution in [2.75, 3.05) is 6.61 Å². The smallest absolute Gasteiger partial charge is 0.430 e. The number of hydrogen-bond acceptors (Lipinski definition) is 2. The van der Waals surface area contributed by atoms with Gasteiger partial charge < -0.3 is 9.47 Å². The van der Waals surface area contributed by atoms with E-state index in [1.165, 1.54) is 12.1 Å². The molecule has 0 aromatic heterocycles. The van der Waals surface area contributed by atoms with Crippen molar-refractivity contribution in [1.29, 1.82) is 0 Å². The van der Waals surface area contributed by atoms with Crippen LogP contribution in [0.5, 0.6) is 11.5 Å². The van der Waals surface area contributed by atoms with Gasteiger partial charge in [0.05, 0.1) is 0 Å². The molecule has 0 N–H and O–H groups in total. The number of rotatable bonds is 7. The lowest BCUT2D eigenvalue weighted by atomic mass is 10.0. The molecule has 4 aromatic carbocycles. The number of ether oxygens (including phenoxy) is 2. The highest BCUT2D eigenvalue weighted by Gasteiger charge is 2.40. The van der Waals surface area contributed by atoms with Crippen LogP contribution in [0.4, 0.5) is 26.3 Å². The van der Waals surface area contributed by atoms with Crippen molar-refractivity contribution >= 4 is 29.1 Å². The summed E-state index contributed by atoms with van der Waals surface area (Å²) in [7, 11) is 3.81. The fourth-order valence-corrected chi connectivity index (χ4v) is 4.48. The third kappa shape index (κ3) is 6.67. The molecule has 0 saturated heterocycles. The van der Waals surface area contributed by atoms with E-state index in [1.807, 2.05) is 18.5 Å². The molecule has 2 nitrogen and oxygen atoms in total. The minimum atomic E-state index is -4.25. The van der Waals surface area contributed by atoms with Gasteiger partial charge in [-0.05, 0) is 65.5 Å². The SMILES string of the molecule is C=CCOc1ccc(C#Cc2ccc(-c3cc(F)c(C(F)(F)Oc4cc(F)c(F)c(P)c4)c(P)c3)c(F)c2)cc1. The topological polar surface area (TPSA) is 18.5 Å². The summed E-state index contributed by atoms with van der Waals surface area (Å²) in [5.41, 5.74) is -0.187. The van der Waals surface area contributed by atoms with Gasteiger partial charge in [-0.1, -0.05) is 30.6 Å². The van der Waals surface area contributed by atoms with E-state index in [9.17, 15) is 26.3 Å². The van der Waals surface area contributed by atoms with Gasteiger partial charge in [0.1, 0.15) is 35.3 Å². The van der Waals surface area contributed by atoms with Crippen LogP contribution in [0, 0.1) is 35.1 Å². The molecule has 0 spiro atoms. The van der Waals surface area contributed by atoms with E-state index in [0.717, 1.165) is 24.3 Å². The summed E-state index contributed by atoms with van der Waals surface area (Å²) in [5, 5.41) is -0.666. The van der Waals surface area contributed by atoms with Crippen LogP contribution in [-0.2, 0) is 6.11 Å². The van der Waals surface area contributed by atoms with Crippen molar-refractivity contribution in [3.05, 3.63) is 119 Å². The Labute approximate surface area is 231 Å². The maximum Gasteiger partial charge on any atom is 0.430 e. The molecular formula is C30H20F6O2P2. The second-order valence-corrected chi connectivity index (χ2v) is 9.66. The van der Waals surface area contributed by atoms with Crippen LogP contribution in [-0.4, -0.2) is 6.61 Å². The van der Waals surface area contributed by atoms with Crippen LogP contribution in [0.25, 0.3) is 11.1 Å². The van der Waals surface area contributed by atoms with E-state index >= 15 is 0 Å². The molecule has 2 atom stereocenters. The molecule has 4 aromatic rings. The molecule has 4 rings (SSSR count). The Kier molecular flexibility index (Phi) is 8.88. The van der Waals surface area contributed by atoms with Crippen LogP contribution >= 0.6 is 18.5 Å². The highest BCUT2D eigenvalue weighted by molar-refractivity contribution is 7.27. The van der Waals surface area contributed by atoms with E-state index < -0.39 is 40.7 Å². The summed E-state index contributed by atoms with van der Waals surface area (Å²) < 4.78 is 96.8. The average molecular weight is 588 g/mol. The van der Waals surface area contributed by atoms with E-state index in [0.29, 0.717) is 29.5 Å². The summed E-state index contributed by atoms with van der Waals surface area (Å²) >= 11 is 0. The van der Waals surface area contributed by atoms with Gasteiger partial charge in [0.15, 0.2) is 11.6 Å². The van der Waals surface area contributed by atoms with Crippen LogP contribution < -0.4 is 20.1 Å². The van der Waals surface area contributed by atoms with Gasteiger partial charge in [-0.2, -0.15) is 8.78 Å². The van der Waals surface area contributed by atoms with Crippen LogP contribution in [0.15, 0.2) is 79.4 Å². The molecule has 204 valence electrons. The van der Waals surface area contributed by atoms with E-state index in [2.05, 4.69) is 23.2 Å². The Hall–Kier alpha value is -3.78. The average Bonchev–Trinajstić information content (AvgIpc) is 2.89. The first-order chi connectivity index (χ1) is 19.0. The molecule has 10 heteroatoms. The van der Waals surface area contributed by atoms with Gasteiger partial charge in [-0.3, -0.25) is 0 Å². The minimum absolute atomic E-state index is 0.00533. The Balaban J connectivity index is 1.57. The first kappa shape index (κ1) is 29.2. The second-order valence-electron chi connectivity index (χ2n) is 8.42. The van der Waals surface area contributed by atoms with E-state index in [-0.39, 0.29) is 21.7 Å². The van der Waals surface area contributed by atoms with Crippen LogP contribution in [0.1, 0.15) is 16.7 Å². The lowest BCUT2D eigenvalue weighted by molar-refractivity contribution is -0.186. The molecule has 0 amide bonds. The van der Waals surface area contributed by atoms with Crippen molar-refractivity contribution in [3.63, 3.8) is 0 Å². The van der Waals surface area contributed by atoms with Crippen molar-refractivity contribution in [1.82, 2.24) is 0 Å². The normalized spacial score (nSPS) is 11.0. The summed E-state index contributed by atoms with van der Waals surface area (Å²) in [4.78, 5) is 0. The van der Waals surface area contributed by atoms with Crippen molar-refractivity contribution in [2.45, 2.75) is 6.11 Å². The predicted molar refractivity (Wildman–Crippen MR) is 149 cm³/mol. The van der Waals surface area contributed by atoms with Gasteiger partial charge in [-0.15, -0.1) is 18.5 Å². The summed E-state index contributed by atoms with van der Waals surface area (Å²) in [5.74, 6) is 0.905. The van der Waals surface area contributed by atoms with Crippen molar-refractivity contribution in [3.8, 4) is 34.5 Å². The lowest BCUT2D eigenvalue weighted by Crippen LogP contribution is -2.29. The summed E-state index contributed by atoms with van der Waals surface area (Å²) in [6.07, 6.45) is -2.63. The standard InChI is InChI=1S/C30H20F6O2P2/c1-2-11-37-20-8-5-17(6-9-20)3-4-18-7-10-22(23(31)12-18)19-13-24(32)28(26(39)14-19)30(35,36)38-21-15-25(33)29(34)27(40)16-21/h2,5-10,12-16H,1,11,39-40H2. The minimum Gasteiger partial charge on any atom is -0.490 e. The van der Waals surface area contributed by atoms with Gasteiger partial charge in [0.2, 0.25) is 0 Å². The largest absolute Gasteiger partial charge is 0.490 e. The number of hydrogen-bond donors (Lipinski definition) is 0. The molecular weight excluding hydrogens is 568 g/mol. The third-order valence-electron chi connectivity index (χ3n) is 5.54. The lowest BCUT2D eigenvalue weighted by Gasteiger charge is -2.21. The molecule has 0 bridgehead atoms. The highest BCUT2D eigenvalue weighted by atomic mass is 31.0. The predicted octanol–water partition coefficient (Wildman–Crippen LogP) is 7.00. The zero-order valence-electron chi connectivity index (χ0n) is 20.6. The zero-order valence-corrected chi connectivity index (χ0v) is 22.9. The molecule has 2 unspecified atom stereocenters. The van der Waals surface area contributed by atoms with Gasteiger partial charge in [-0.25, -0.2) is 17.6 Å². The Morgan fingerprint density at radius 3 is 2.05 bits per heavy atom. The number of alkyl halides is 2. The fraction of sp³-hybridized carbons (Fsp3) is 0.0667. The van der Waals surface area contributed by atoms with Gasteiger partial charge >= 0.3 is 6.11 Å². The maximum absolute atomic E-state index is 15.0. The fourth-order valence-electron chi connectivity index (χ4n) is 3.69. The van der Waals surface area contributed by atoms with Crippen molar-refractivity contribution < 1.29 is 35.8 Å². The summed E-state index contributed by atoms with van der Waals surface area (Å²) in [6, 6.07) is 14.1. The molecule has 40 heavy (non-hydrogen) atoms. The second kappa shape index (κ2) is 12.2. The quantitative estimate of drug-likeness (QED) is 0.100. The van der Waals surface area contributed by atoms with Crippen molar-refractivity contribution in [2.24, 2.45) is 0 Å². The first-order valence-corrected chi connectivity index (χ1v) is 12.7. The Bertz CT molecular complexity index is 1600. The Morgan fingerprint density at radius 1 is 0.750 bits per heavy atom. The summed E-state index contributed by atoms with van der Waals surface area (Å²) in [6.45, 7) is 3.95. The highest BCUT2D eigenvalue weighted by Crippen LogP contribution is 2.35. The Morgan fingerprint density at radius 2 is 1.43 bits per heavy atom. The monoisotopic (exact) mass is 588 g/mol. The third-order valence-corrected chi connectivity index (χ3v) is 6.42. The first-order valence-electron chi connectivity index (χ1n) is 11.5. The maximum atomic E-state index is 15.0. The molecule has 0 aliphatic rings. The van der Waals surface area contributed by atoms with E-state index in [1.54, 1.807) is 30.3 Å². The van der Waals surface area contributed by atoms with Crippen LogP contribution in [0.2, 0.25) is 0 Å². The van der Waals surface area contributed by atoms with Gasteiger partial charge in [0.25, 0.3) is 0 Å². The van der Waals surface area contributed by atoms with Gasteiger partial charge in [0, 0.05) is 28.1 Å². The number of halogens is 6. The molecule has 0 heterocycles. The molecule has 0 fully saturated rings. The molecule has 0 saturated carbocycles. The molecule has 0 aliphatic heterocycles. The van der Waals surface area contributed by atoms with E-state index in [4.69, 9.17) is 4.74 Å². The molecule has 0 aliphatic carbocycles. The number of benzene rings is 4. The molecule has 0 radical (unpaired) electrons.